The quantitative estimate of drug-likeness (QED) is 0.582. The number of aliphatic hydroxyl groups is 1. The molecule has 6 heteroatoms. The number of rotatable bonds is 6. The molecule has 1 N–H and O–H groups in total. The van der Waals surface area contributed by atoms with Crippen LogP contribution < -0.4 is 9.47 Å². The van der Waals surface area contributed by atoms with Crippen molar-refractivity contribution in [2.75, 3.05) is 7.11 Å². The van der Waals surface area contributed by atoms with Crippen LogP contribution in [-0.4, -0.2) is 18.4 Å². The Hall–Kier alpha value is -2.24. The zero-order chi connectivity index (χ0) is 18.7. The van der Waals surface area contributed by atoms with Crippen LogP contribution >= 0.6 is 11.6 Å². The molecule has 2 aromatic rings. The number of carbonyl (C=O) groups excluding carboxylic acids is 1. The van der Waals surface area contributed by atoms with Gasteiger partial charge in [-0.1, -0.05) is 29.8 Å². The third-order valence-corrected chi connectivity index (χ3v) is 4.85. The Balaban J connectivity index is 1.88. The average molecular weight is 377 g/mol. The number of aryl methyl sites for hydroxylation is 1. The lowest BCUT2D eigenvalue weighted by atomic mass is 10.1. The van der Waals surface area contributed by atoms with Gasteiger partial charge in [0.1, 0.15) is 18.1 Å². The monoisotopic (exact) mass is 376 g/mol. The second-order valence-electron chi connectivity index (χ2n) is 6.31. The third kappa shape index (κ3) is 4.11. The first-order chi connectivity index (χ1) is 12.5. The molecule has 0 bridgehead atoms. The SMILES string of the molecule is COC(=O)Oc1cccc(CO)c1COc1cc(Cl)c(C)cc1C1CC1. The molecule has 1 aliphatic carbocycles. The van der Waals surface area contributed by atoms with E-state index in [1.165, 1.54) is 7.11 Å². The first-order valence-electron chi connectivity index (χ1n) is 8.43. The maximum absolute atomic E-state index is 11.5. The normalized spacial score (nSPS) is 13.4. The van der Waals surface area contributed by atoms with E-state index in [9.17, 15) is 9.90 Å². The van der Waals surface area contributed by atoms with Crippen molar-refractivity contribution < 1.29 is 24.1 Å². The Morgan fingerprint density at radius 2 is 2.04 bits per heavy atom. The summed E-state index contributed by atoms with van der Waals surface area (Å²) in [6, 6.07) is 8.99. The van der Waals surface area contributed by atoms with Crippen LogP contribution in [0, 0.1) is 6.92 Å². The van der Waals surface area contributed by atoms with E-state index < -0.39 is 6.16 Å². The summed E-state index contributed by atoms with van der Waals surface area (Å²) in [6.45, 7) is 1.92. The molecule has 138 valence electrons. The summed E-state index contributed by atoms with van der Waals surface area (Å²) in [5.41, 5.74) is 3.38. The lowest BCUT2D eigenvalue weighted by Crippen LogP contribution is -2.11. The van der Waals surface area contributed by atoms with E-state index in [1.54, 1.807) is 18.2 Å². The molecule has 0 aromatic heterocycles. The van der Waals surface area contributed by atoms with Crippen LogP contribution in [0.25, 0.3) is 0 Å². The second-order valence-corrected chi connectivity index (χ2v) is 6.72. The fourth-order valence-electron chi connectivity index (χ4n) is 2.82. The molecule has 0 saturated heterocycles. The molecular formula is C20H21ClO5. The van der Waals surface area contributed by atoms with Gasteiger partial charge in [-0.05, 0) is 54.5 Å². The Kier molecular flexibility index (Phi) is 5.69. The molecule has 0 heterocycles. The number of carbonyl (C=O) groups is 1. The predicted octanol–water partition coefficient (Wildman–Crippen LogP) is 4.74. The highest BCUT2D eigenvalue weighted by Crippen LogP contribution is 2.46. The minimum Gasteiger partial charge on any atom is -0.488 e. The molecule has 2 aromatic carbocycles. The zero-order valence-corrected chi connectivity index (χ0v) is 15.5. The molecule has 3 rings (SSSR count). The van der Waals surface area contributed by atoms with Gasteiger partial charge in [0.25, 0.3) is 0 Å². The van der Waals surface area contributed by atoms with Crippen LogP contribution in [0.1, 0.15) is 41.0 Å². The summed E-state index contributed by atoms with van der Waals surface area (Å²) in [6.07, 6.45) is 1.46. The molecule has 1 saturated carbocycles. The van der Waals surface area contributed by atoms with E-state index in [0.29, 0.717) is 27.8 Å². The first-order valence-corrected chi connectivity index (χ1v) is 8.81. The van der Waals surface area contributed by atoms with Crippen LogP contribution in [0.5, 0.6) is 11.5 Å². The van der Waals surface area contributed by atoms with Gasteiger partial charge in [0.15, 0.2) is 0 Å². The summed E-state index contributed by atoms with van der Waals surface area (Å²) in [7, 11) is 1.24. The summed E-state index contributed by atoms with van der Waals surface area (Å²) < 4.78 is 15.8. The minimum absolute atomic E-state index is 0.141. The van der Waals surface area contributed by atoms with Gasteiger partial charge in [0.2, 0.25) is 0 Å². The van der Waals surface area contributed by atoms with E-state index in [-0.39, 0.29) is 13.2 Å². The highest BCUT2D eigenvalue weighted by molar-refractivity contribution is 6.31. The van der Waals surface area contributed by atoms with Crippen LogP contribution in [0.3, 0.4) is 0 Å². The largest absolute Gasteiger partial charge is 0.513 e. The van der Waals surface area contributed by atoms with E-state index in [0.717, 1.165) is 29.7 Å². The molecule has 5 nitrogen and oxygen atoms in total. The number of methoxy groups -OCH3 is 1. The molecule has 0 radical (unpaired) electrons. The zero-order valence-electron chi connectivity index (χ0n) is 14.8. The fraction of sp³-hybridized carbons (Fsp3) is 0.350. The summed E-state index contributed by atoms with van der Waals surface area (Å²) in [5, 5.41) is 10.3. The Labute approximate surface area is 157 Å². The van der Waals surface area contributed by atoms with Crippen molar-refractivity contribution >= 4 is 17.8 Å². The highest BCUT2D eigenvalue weighted by atomic mass is 35.5. The fourth-order valence-corrected chi connectivity index (χ4v) is 2.98. The van der Waals surface area contributed by atoms with E-state index in [4.69, 9.17) is 21.1 Å². The van der Waals surface area contributed by atoms with Crippen molar-refractivity contribution in [2.45, 2.75) is 38.9 Å². The van der Waals surface area contributed by atoms with Gasteiger partial charge in [-0.25, -0.2) is 4.79 Å². The number of hydrogen-bond acceptors (Lipinski definition) is 5. The van der Waals surface area contributed by atoms with Crippen molar-refractivity contribution in [3.05, 3.63) is 57.6 Å². The Bertz CT molecular complexity index is 814. The van der Waals surface area contributed by atoms with Gasteiger partial charge in [0, 0.05) is 10.6 Å². The van der Waals surface area contributed by atoms with Crippen molar-refractivity contribution in [1.82, 2.24) is 0 Å². The maximum Gasteiger partial charge on any atom is 0.513 e. The van der Waals surface area contributed by atoms with Crippen LogP contribution in [0.4, 0.5) is 4.79 Å². The molecule has 1 aliphatic rings. The van der Waals surface area contributed by atoms with Crippen molar-refractivity contribution in [3.8, 4) is 11.5 Å². The maximum atomic E-state index is 11.5. The van der Waals surface area contributed by atoms with Gasteiger partial charge >= 0.3 is 6.16 Å². The van der Waals surface area contributed by atoms with Gasteiger partial charge in [0.05, 0.1) is 13.7 Å². The number of benzene rings is 2. The van der Waals surface area contributed by atoms with Gasteiger partial charge in [-0.2, -0.15) is 0 Å². The Morgan fingerprint density at radius 3 is 2.69 bits per heavy atom. The molecule has 26 heavy (non-hydrogen) atoms. The number of halogens is 1. The van der Waals surface area contributed by atoms with Crippen molar-refractivity contribution in [3.63, 3.8) is 0 Å². The molecule has 0 atom stereocenters. The van der Waals surface area contributed by atoms with Crippen molar-refractivity contribution in [2.24, 2.45) is 0 Å². The number of ether oxygens (including phenoxy) is 3. The van der Waals surface area contributed by atoms with Gasteiger partial charge < -0.3 is 19.3 Å². The third-order valence-electron chi connectivity index (χ3n) is 4.44. The predicted molar refractivity (Wildman–Crippen MR) is 97.9 cm³/mol. The Morgan fingerprint density at radius 1 is 1.27 bits per heavy atom. The van der Waals surface area contributed by atoms with Gasteiger partial charge in [-0.3, -0.25) is 0 Å². The van der Waals surface area contributed by atoms with Crippen LogP contribution in [0.2, 0.25) is 5.02 Å². The molecule has 1 fully saturated rings. The smallest absolute Gasteiger partial charge is 0.488 e. The highest BCUT2D eigenvalue weighted by Gasteiger charge is 2.28. The number of aliphatic hydroxyl groups excluding tert-OH is 1. The summed E-state index contributed by atoms with van der Waals surface area (Å²) in [4.78, 5) is 11.5. The minimum atomic E-state index is -0.821. The molecule has 0 amide bonds. The summed E-state index contributed by atoms with van der Waals surface area (Å²) in [5.74, 6) is 1.52. The number of hydrogen-bond donors (Lipinski definition) is 1. The lowest BCUT2D eigenvalue weighted by molar-refractivity contribution is 0.120. The second kappa shape index (κ2) is 7.98. The first kappa shape index (κ1) is 18.5. The molecule has 0 spiro atoms. The van der Waals surface area contributed by atoms with Crippen molar-refractivity contribution in [1.29, 1.82) is 0 Å². The van der Waals surface area contributed by atoms with Crippen LogP contribution in [-0.2, 0) is 18.0 Å². The average Bonchev–Trinajstić information content (AvgIpc) is 3.47. The van der Waals surface area contributed by atoms with E-state index >= 15 is 0 Å². The standard InChI is InChI=1S/C20H21ClO5/c1-12-8-15(13-6-7-13)19(9-17(12)21)25-11-16-14(10-22)4-3-5-18(16)26-20(23)24-2/h3-5,8-9,13,22H,6-7,10-11H2,1-2H3. The van der Waals surface area contributed by atoms with Gasteiger partial charge in [-0.15, -0.1) is 0 Å². The molecule has 0 aliphatic heterocycles. The molecular weight excluding hydrogens is 356 g/mol. The summed E-state index contributed by atoms with van der Waals surface area (Å²) >= 11 is 6.26. The topological polar surface area (TPSA) is 65.0 Å². The van der Waals surface area contributed by atoms with Crippen LogP contribution in [0.15, 0.2) is 30.3 Å². The molecule has 0 unspecified atom stereocenters. The van der Waals surface area contributed by atoms with E-state index in [2.05, 4.69) is 10.8 Å². The van der Waals surface area contributed by atoms with E-state index in [1.807, 2.05) is 13.0 Å². The lowest BCUT2D eigenvalue weighted by Gasteiger charge is -2.17.